The molecule has 0 saturated heterocycles. The van der Waals surface area contributed by atoms with Crippen LogP contribution in [-0.4, -0.2) is 21.4 Å². The number of hydrazone groups is 1. The van der Waals surface area contributed by atoms with Gasteiger partial charge in [-0.05, 0) is 39.0 Å². The van der Waals surface area contributed by atoms with E-state index >= 15 is 0 Å². The van der Waals surface area contributed by atoms with E-state index in [1.54, 1.807) is 11.6 Å². The third kappa shape index (κ3) is 3.31. The lowest BCUT2D eigenvalue weighted by atomic mass is 10.2. The summed E-state index contributed by atoms with van der Waals surface area (Å²) < 4.78 is 7.35. The van der Waals surface area contributed by atoms with Gasteiger partial charge in [0.25, 0.3) is 5.91 Å². The highest BCUT2D eigenvalue weighted by molar-refractivity contribution is 6.00. The van der Waals surface area contributed by atoms with Crippen molar-refractivity contribution in [3.05, 3.63) is 53.5 Å². The number of nitrogens with one attached hydrogen (secondary N) is 1. The molecule has 0 fully saturated rings. The molecule has 23 heavy (non-hydrogen) atoms. The SMILES string of the molecule is C/C(=N/NC(=O)Cn1nc(C)cc1C)c1cc2ccccc2o1. The third-order valence-corrected chi connectivity index (χ3v) is 3.53. The molecule has 1 N–H and O–H groups in total. The first-order chi connectivity index (χ1) is 11.0. The Labute approximate surface area is 133 Å². The van der Waals surface area contributed by atoms with Crippen molar-refractivity contribution in [2.45, 2.75) is 27.3 Å². The molecule has 1 aromatic carbocycles. The molecule has 0 spiro atoms. The van der Waals surface area contributed by atoms with Gasteiger partial charge in [0.1, 0.15) is 17.8 Å². The molecule has 0 unspecified atom stereocenters. The lowest BCUT2D eigenvalue weighted by molar-refractivity contribution is -0.121. The highest BCUT2D eigenvalue weighted by atomic mass is 16.3. The maximum Gasteiger partial charge on any atom is 0.261 e. The second-order valence-electron chi connectivity index (χ2n) is 5.47. The number of aryl methyl sites for hydroxylation is 2. The van der Waals surface area contributed by atoms with Gasteiger partial charge in [-0.25, -0.2) is 5.43 Å². The number of hydrogen-bond acceptors (Lipinski definition) is 4. The topological polar surface area (TPSA) is 72.4 Å². The van der Waals surface area contributed by atoms with Crippen molar-refractivity contribution in [3.8, 4) is 0 Å². The van der Waals surface area contributed by atoms with E-state index in [0.29, 0.717) is 11.5 Å². The fraction of sp³-hybridized carbons (Fsp3) is 0.235. The van der Waals surface area contributed by atoms with Gasteiger partial charge in [0.05, 0.1) is 5.69 Å². The Kier molecular flexibility index (Phi) is 3.97. The molecule has 6 nitrogen and oxygen atoms in total. The molecular formula is C17H18N4O2. The van der Waals surface area contributed by atoms with Crippen molar-refractivity contribution in [1.29, 1.82) is 0 Å². The maximum atomic E-state index is 12.0. The van der Waals surface area contributed by atoms with Crippen molar-refractivity contribution in [2.75, 3.05) is 0 Å². The summed E-state index contributed by atoms with van der Waals surface area (Å²) in [5.74, 6) is 0.407. The average molecular weight is 310 g/mol. The number of fused-ring (bicyclic) bond motifs is 1. The van der Waals surface area contributed by atoms with Gasteiger partial charge in [-0.1, -0.05) is 18.2 Å². The Morgan fingerprint density at radius 2 is 2.09 bits per heavy atom. The van der Waals surface area contributed by atoms with E-state index in [4.69, 9.17) is 4.42 Å². The number of para-hydroxylation sites is 1. The summed E-state index contributed by atoms with van der Waals surface area (Å²) >= 11 is 0. The zero-order valence-corrected chi connectivity index (χ0v) is 13.3. The Bertz CT molecular complexity index is 856. The molecule has 1 amide bonds. The Morgan fingerprint density at radius 1 is 1.30 bits per heavy atom. The largest absolute Gasteiger partial charge is 0.455 e. The molecular weight excluding hydrogens is 292 g/mol. The van der Waals surface area contributed by atoms with Crippen molar-refractivity contribution >= 4 is 22.6 Å². The van der Waals surface area contributed by atoms with Crippen LogP contribution in [0.3, 0.4) is 0 Å². The van der Waals surface area contributed by atoms with Crippen LogP contribution in [0.15, 0.2) is 45.9 Å². The molecule has 0 saturated carbocycles. The Morgan fingerprint density at radius 3 is 2.78 bits per heavy atom. The molecule has 3 rings (SSSR count). The summed E-state index contributed by atoms with van der Waals surface area (Å²) in [6.45, 7) is 5.74. The van der Waals surface area contributed by atoms with E-state index in [2.05, 4.69) is 15.6 Å². The molecule has 6 heteroatoms. The molecule has 0 aliphatic rings. The molecule has 0 aliphatic carbocycles. The van der Waals surface area contributed by atoms with Crippen LogP contribution in [-0.2, 0) is 11.3 Å². The maximum absolute atomic E-state index is 12.0. The van der Waals surface area contributed by atoms with Crippen LogP contribution in [0.25, 0.3) is 11.0 Å². The Hall–Kier alpha value is -2.89. The summed E-state index contributed by atoms with van der Waals surface area (Å²) in [5, 5.41) is 9.36. The van der Waals surface area contributed by atoms with Crippen molar-refractivity contribution in [2.24, 2.45) is 5.10 Å². The van der Waals surface area contributed by atoms with Gasteiger partial charge in [0.2, 0.25) is 0 Å². The van der Waals surface area contributed by atoms with Crippen LogP contribution < -0.4 is 5.43 Å². The van der Waals surface area contributed by atoms with Crippen LogP contribution in [0.5, 0.6) is 0 Å². The predicted octanol–water partition coefficient (Wildman–Crippen LogP) is 2.79. The molecule has 2 aromatic heterocycles. The first-order valence-electron chi connectivity index (χ1n) is 7.36. The number of aromatic nitrogens is 2. The molecule has 0 aliphatic heterocycles. The van der Waals surface area contributed by atoms with E-state index in [1.807, 2.05) is 50.2 Å². The van der Waals surface area contributed by atoms with Crippen LogP contribution >= 0.6 is 0 Å². The standard InChI is InChI=1S/C17H18N4O2/c1-11-8-12(2)21(20-11)10-17(22)19-18-13(3)16-9-14-6-4-5-7-15(14)23-16/h4-9H,10H2,1-3H3,(H,19,22)/b18-13-. The summed E-state index contributed by atoms with van der Waals surface area (Å²) in [4.78, 5) is 12.0. The van der Waals surface area contributed by atoms with Crippen LogP contribution in [0.2, 0.25) is 0 Å². The minimum absolute atomic E-state index is 0.135. The van der Waals surface area contributed by atoms with Gasteiger partial charge >= 0.3 is 0 Å². The minimum Gasteiger partial charge on any atom is -0.455 e. The summed E-state index contributed by atoms with van der Waals surface area (Å²) in [6.07, 6.45) is 0. The quantitative estimate of drug-likeness (QED) is 0.595. The highest BCUT2D eigenvalue weighted by Gasteiger charge is 2.09. The summed E-state index contributed by atoms with van der Waals surface area (Å²) in [5.41, 5.74) is 5.78. The smallest absolute Gasteiger partial charge is 0.261 e. The first-order valence-corrected chi connectivity index (χ1v) is 7.36. The number of amides is 1. The minimum atomic E-state index is -0.230. The predicted molar refractivity (Wildman–Crippen MR) is 88.3 cm³/mol. The van der Waals surface area contributed by atoms with Crippen LogP contribution in [0.4, 0.5) is 0 Å². The van der Waals surface area contributed by atoms with Gasteiger partial charge in [-0.3, -0.25) is 9.48 Å². The molecule has 0 atom stereocenters. The fourth-order valence-electron chi connectivity index (χ4n) is 2.37. The molecule has 2 heterocycles. The number of hydrogen-bond donors (Lipinski definition) is 1. The van der Waals surface area contributed by atoms with Crippen molar-refractivity contribution < 1.29 is 9.21 Å². The van der Waals surface area contributed by atoms with Gasteiger partial charge < -0.3 is 4.42 Å². The molecule has 0 radical (unpaired) electrons. The second kappa shape index (κ2) is 6.08. The van der Waals surface area contributed by atoms with E-state index in [0.717, 1.165) is 22.4 Å². The fourth-order valence-corrected chi connectivity index (χ4v) is 2.37. The monoisotopic (exact) mass is 310 g/mol. The third-order valence-electron chi connectivity index (χ3n) is 3.53. The first kappa shape index (κ1) is 15.0. The van der Waals surface area contributed by atoms with Gasteiger partial charge in [0, 0.05) is 11.1 Å². The number of carbonyl (C=O) groups excluding carboxylic acids is 1. The molecule has 0 bridgehead atoms. The van der Waals surface area contributed by atoms with Crippen LogP contribution in [0.1, 0.15) is 24.1 Å². The van der Waals surface area contributed by atoms with Gasteiger partial charge in [0.15, 0.2) is 5.76 Å². The van der Waals surface area contributed by atoms with E-state index in [9.17, 15) is 4.79 Å². The number of rotatable bonds is 4. The number of nitrogens with zero attached hydrogens (tertiary/aromatic N) is 3. The lowest BCUT2D eigenvalue weighted by Crippen LogP contribution is -2.25. The average Bonchev–Trinajstić information content (AvgIpc) is 3.08. The van der Waals surface area contributed by atoms with Crippen molar-refractivity contribution in [1.82, 2.24) is 15.2 Å². The van der Waals surface area contributed by atoms with Gasteiger partial charge in [-0.2, -0.15) is 10.2 Å². The molecule has 118 valence electrons. The summed E-state index contributed by atoms with van der Waals surface area (Å²) in [7, 11) is 0. The highest BCUT2D eigenvalue weighted by Crippen LogP contribution is 2.19. The Balaban J connectivity index is 1.68. The lowest BCUT2D eigenvalue weighted by Gasteiger charge is -2.03. The van der Waals surface area contributed by atoms with E-state index < -0.39 is 0 Å². The normalized spacial score (nSPS) is 11.9. The van der Waals surface area contributed by atoms with Crippen molar-refractivity contribution in [3.63, 3.8) is 0 Å². The van der Waals surface area contributed by atoms with E-state index in [1.165, 1.54) is 0 Å². The van der Waals surface area contributed by atoms with E-state index in [-0.39, 0.29) is 12.5 Å². The zero-order chi connectivity index (χ0) is 16.4. The van der Waals surface area contributed by atoms with Crippen LogP contribution in [0, 0.1) is 13.8 Å². The zero-order valence-electron chi connectivity index (χ0n) is 13.3. The summed E-state index contributed by atoms with van der Waals surface area (Å²) in [6, 6.07) is 11.6. The number of carbonyl (C=O) groups is 1. The van der Waals surface area contributed by atoms with Gasteiger partial charge in [-0.15, -0.1) is 0 Å². The number of furan rings is 1. The second-order valence-corrected chi connectivity index (χ2v) is 5.47. The number of benzene rings is 1. The molecule has 3 aromatic rings.